The summed E-state index contributed by atoms with van der Waals surface area (Å²) in [6, 6.07) is 9.80. The molecule has 3 rings (SSSR count). The Kier molecular flexibility index (Phi) is 3.22. The van der Waals surface area contributed by atoms with E-state index in [-0.39, 0.29) is 5.92 Å². The Labute approximate surface area is 122 Å². The number of aryl methyl sites for hydroxylation is 1. The molecular formula is C16H15ClN2O. The zero-order valence-electron chi connectivity index (χ0n) is 11.6. The van der Waals surface area contributed by atoms with Crippen molar-refractivity contribution < 1.29 is 4.42 Å². The highest BCUT2D eigenvalue weighted by Gasteiger charge is 2.13. The number of furan rings is 1. The summed E-state index contributed by atoms with van der Waals surface area (Å²) in [5.41, 5.74) is 2.73. The SMILES string of the molecule is Cc1cccc2cc(-c3cc(Cl)nc(C(C)C)n3)oc12. The maximum Gasteiger partial charge on any atom is 0.153 e. The summed E-state index contributed by atoms with van der Waals surface area (Å²) in [5, 5.41) is 1.51. The quantitative estimate of drug-likeness (QED) is 0.624. The third kappa shape index (κ3) is 2.29. The predicted molar refractivity (Wildman–Crippen MR) is 81.1 cm³/mol. The van der Waals surface area contributed by atoms with Gasteiger partial charge in [0, 0.05) is 17.4 Å². The predicted octanol–water partition coefficient (Wildman–Crippen LogP) is 4.98. The molecule has 1 aromatic carbocycles. The van der Waals surface area contributed by atoms with Crippen LogP contribution in [0.5, 0.6) is 0 Å². The molecule has 2 heterocycles. The van der Waals surface area contributed by atoms with Gasteiger partial charge in [0.05, 0.1) is 0 Å². The second-order valence-electron chi connectivity index (χ2n) is 5.19. The van der Waals surface area contributed by atoms with Crippen LogP contribution >= 0.6 is 11.6 Å². The first-order valence-corrected chi connectivity index (χ1v) is 6.96. The van der Waals surface area contributed by atoms with Crippen molar-refractivity contribution >= 4 is 22.6 Å². The molecule has 102 valence electrons. The van der Waals surface area contributed by atoms with Gasteiger partial charge in [0.2, 0.25) is 0 Å². The maximum absolute atomic E-state index is 6.08. The summed E-state index contributed by atoms with van der Waals surface area (Å²) in [4.78, 5) is 8.78. The van der Waals surface area contributed by atoms with Gasteiger partial charge >= 0.3 is 0 Å². The van der Waals surface area contributed by atoms with Crippen LogP contribution in [0.4, 0.5) is 0 Å². The number of nitrogens with zero attached hydrogens (tertiary/aromatic N) is 2. The minimum Gasteiger partial charge on any atom is -0.454 e. The Morgan fingerprint density at radius 3 is 2.65 bits per heavy atom. The monoisotopic (exact) mass is 286 g/mol. The molecule has 0 spiro atoms. The van der Waals surface area contributed by atoms with Crippen molar-refractivity contribution in [3.05, 3.63) is 46.9 Å². The molecule has 0 fully saturated rings. The minimum atomic E-state index is 0.221. The average Bonchev–Trinajstić information content (AvgIpc) is 2.83. The molecule has 20 heavy (non-hydrogen) atoms. The van der Waals surface area contributed by atoms with Crippen molar-refractivity contribution in [2.45, 2.75) is 26.7 Å². The summed E-state index contributed by atoms with van der Waals surface area (Å²) in [6.07, 6.45) is 0. The topological polar surface area (TPSA) is 38.9 Å². The molecule has 0 aliphatic carbocycles. The standard InChI is InChI=1S/C16H15ClN2O/c1-9(2)16-18-12(8-14(17)19-16)13-7-11-6-4-5-10(3)15(11)20-13/h4-9H,1-3H3. The zero-order chi connectivity index (χ0) is 14.3. The van der Waals surface area contributed by atoms with Crippen LogP contribution < -0.4 is 0 Å². The van der Waals surface area contributed by atoms with Gasteiger partial charge in [-0.25, -0.2) is 9.97 Å². The van der Waals surface area contributed by atoms with Gasteiger partial charge in [0.1, 0.15) is 22.3 Å². The largest absolute Gasteiger partial charge is 0.454 e. The van der Waals surface area contributed by atoms with Gasteiger partial charge in [-0.2, -0.15) is 0 Å². The van der Waals surface area contributed by atoms with Gasteiger partial charge in [-0.15, -0.1) is 0 Å². The molecule has 0 saturated carbocycles. The van der Waals surface area contributed by atoms with E-state index in [0.29, 0.717) is 5.15 Å². The fourth-order valence-electron chi connectivity index (χ4n) is 2.15. The van der Waals surface area contributed by atoms with Gasteiger partial charge in [0.15, 0.2) is 5.76 Å². The van der Waals surface area contributed by atoms with E-state index in [1.807, 2.05) is 45.0 Å². The van der Waals surface area contributed by atoms with E-state index in [2.05, 4.69) is 9.97 Å². The first-order valence-electron chi connectivity index (χ1n) is 6.58. The van der Waals surface area contributed by atoms with Crippen LogP contribution in [0.25, 0.3) is 22.4 Å². The Hall–Kier alpha value is -1.87. The van der Waals surface area contributed by atoms with Crippen molar-refractivity contribution in [3.8, 4) is 11.5 Å². The molecule has 0 radical (unpaired) electrons. The van der Waals surface area contributed by atoms with E-state index in [0.717, 1.165) is 33.8 Å². The summed E-state index contributed by atoms with van der Waals surface area (Å²) in [5.74, 6) is 1.67. The van der Waals surface area contributed by atoms with Crippen LogP contribution in [0, 0.1) is 6.92 Å². The van der Waals surface area contributed by atoms with Crippen LogP contribution in [-0.4, -0.2) is 9.97 Å². The first-order chi connectivity index (χ1) is 9.54. The molecular weight excluding hydrogens is 272 g/mol. The minimum absolute atomic E-state index is 0.221. The number of halogens is 1. The molecule has 0 saturated heterocycles. The van der Waals surface area contributed by atoms with E-state index >= 15 is 0 Å². The molecule has 2 aromatic heterocycles. The smallest absolute Gasteiger partial charge is 0.153 e. The molecule has 0 bridgehead atoms. The molecule has 0 aliphatic heterocycles. The number of aromatic nitrogens is 2. The Morgan fingerprint density at radius 1 is 1.15 bits per heavy atom. The van der Waals surface area contributed by atoms with Crippen molar-refractivity contribution in [2.75, 3.05) is 0 Å². The summed E-state index contributed by atoms with van der Waals surface area (Å²) in [6.45, 7) is 6.11. The summed E-state index contributed by atoms with van der Waals surface area (Å²) < 4.78 is 5.93. The van der Waals surface area contributed by atoms with Gasteiger partial charge in [-0.1, -0.05) is 43.6 Å². The van der Waals surface area contributed by atoms with E-state index in [4.69, 9.17) is 16.0 Å². The van der Waals surface area contributed by atoms with E-state index < -0.39 is 0 Å². The third-order valence-electron chi connectivity index (χ3n) is 3.22. The van der Waals surface area contributed by atoms with Gasteiger partial charge in [0.25, 0.3) is 0 Å². The fourth-order valence-corrected chi connectivity index (χ4v) is 2.34. The Morgan fingerprint density at radius 2 is 1.95 bits per heavy atom. The molecule has 0 amide bonds. The van der Waals surface area contributed by atoms with Crippen molar-refractivity contribution in [1.82, 2.24) is 9.97 Å². The molecule has 3 aromatic rings. The van der Waals surface area contributed by atoms with E-state index in [1.54, 1.807) is 6.07 Å². The number of hydrogen-bond donors (Lipinski definition) is 0. The Bertz CT molecular complexity index is 777. The number of benzene rings is 1. The number of fused-ring (bicyclic) bond motifs is 1. The van der Waals surface area contributed by atoms with E-state index in [1.165, 1.54) is 0 Å². The van der Waals surface area contributed by atoms with Crippen molar-refractivity contribution in [1.29, 1.82) is 0 Å². The third-order valence-corrected chi connectivity index (χ3v) is 3.42. The fraction of sp³-hybridized carbons (Fsp3) is 0.250. The highest BCUT2D eigenvalue weighted by Crippen LogP contribution is 2.30. The van der Waals surface area contributed by atoms with Gasteiger partial charge in [-0.05, 0) is 18.6 Å². The van der Waals surface area contributed by atoms with Crippen LogP contribution in [0.1, 0.15) is 31.2 Å². The molecule has 0 atom stereocenters. The number of para-hydroxylation sites is 1. The number of hydrogen-bond acceptors (Lipinski definition) is 3. The lowest BCUT2D eigenvalue weighted by atomic mass is 10.1. The lowest BCUT2D eigenvalue weighted by molar-refractivity contribution is 0.624. The van der Waals surface area contributed by atoms with Gasteiger partial charge in [-0.3, -0.25) is 0 Å². The zero-order valence-corrected chi connectivity index (χ0v) is 12.4. The number of rotatable bonds is 2. The highest BCUT2D eigenvalue weighted by molar-refractivity contribution is 6.29. The highest BCUT2D eigenvalue weighted by atomic mass is 35.5. The van der Waals surface area contributed by atoms with Crippen LogP contribution in [0.3, 0.4) is 0 Å². The Balaban J connectivity index is 2.17. The molecule has 3 nitrogen and oxygen atoms in total. The second-order valence-corrected chi connectivity index (χ2v) is 5.58. The lowest BCUT2D eigenvalue weighted by Gasteiger charge is -2.05. The second kappa shape index (κ2) is 4.91. The average molecular weight is 287 g/mol. The van der Waals surface area contributed by atoms with E-state index in [9.17, 15) is 0 Å². The summed E-state index contributed by atoms with van der Waals surface area (Å²) >= 11 is 6.08. The van der Waals surface area contributed by atoms with Crippen LogP contribution in [0.15, 0.2) is 34.7 Å². The first kappa shape index (κ1) is 13.1. The molecule has 0 aliphatic rings. The molecule has 4 heteroatoms. The normalized spacial score (nSPS) is 11.4. The summed E-state index contributed by atoms with van der Waals surface area (Å²) in [7, 11) is 0. The molecule has 0 unspecified atom stereocenters. The van der Waals surface area contributed by atoms with Gasteiger partial charge < -0.3 is 4.42 Å². The van der Waals surface area contributed by atoms with Crippen molar-refractivity contribution in [2.24, 2.45) is 0 Å². The molecule has 0 N–H and O–H groups in total. The van der Waals surface area contributed by atoms with Crippen molar-refractivity contribution in [3.63, 3.8) is 0 Å². The lowest BCUT2D eigenvalue weighted by Crippen LogP contribution is -1.98. The van der Waals surface area contributed by atoms with Crippen LogP contribution in [-0.2, 0) is 0 Å². The maximum atomic E-state index is 6.08. The van der Waals surface area contributed by atoms with Crippen LogP contribution in [0.2, 0.25) is 5.15 Å².